The van der Waals surface area contributed by atoms with Crippen molar-refractivity contribution >= 4 is 15.7 Å². The highest BCUT2D eigenvalue weighted by atomic mass is 32.2. The van der Waals surface area contributed by atoms with Gasteiger partial charge in [-0.1, -0.05) is 26.8 Å². The molecule has 1 atom stereocenters. The van der Waals surface area contributed by atoms with Crippen molar-refractivity contribution in [2.45, 2.75) is 33.3 Å². The molecular formula is C17H28N2O4S. The van der Waals surface area contributed by atoms with E-state index in [-0.39, 0.29) is 17.8 Å². The van der Waals surface area contributed by atoms with Crippen molar-refractivity contribution in [1.82, 2.24) is 4.90 Å². The number of β-amino-alcohol motifs (C(OH)–C–C–N with tert-alkyl or cyclic N) is 1. The molecule has 0 amide bonds. The van der Waals surface area contributed by atoms with Crippen LogP contribution in [0.3, 0.4) is 0 Å². The van der Waals surface area contributed by atoms with Crippen LogP contribution >= 0.6 is 0 Å². The number of aliphatic hydroxyl groups excluding tert-OH is 1. The zero-order chi connectivity index (χ0) is 18.0. The molecule has 0 aromatic heterocycles. The first kappa shape index (κ1) is 19.0. The van der Waals surface area contributed by atoms with Crippen molar-refractivity contribution in [2.24, 2.45) is 5.41 Å². The molecule has 1 aromatic carbocycles. The molecule has 1 aliphatic heterocycles. The van der Waals surface area contributed by atoms with Gasteiger partial charge in [-0.2, -0.15) is 0 Å². The van der Waals surface area contributed by atoms with Gasteiger partial charge in [-0.05, 0) is 36.6 Å². The third kappa shape index (κ3) is 5.96. The predicted octanol–water partition coefficient (Wildman–Crippen LogP) is 1.70. The largest absolute Gasteiger partial charge is 0.489 e. The predicted molar refractivity (Wildman–Crippen MR) is 96.0 cm³/mol. The van der Waals surface area contributed by atoms with Gasteiger partial charge in [0.2, 0.25) is 10.0 Å². The summed E-state index contributed by atoms with van der Waals surface area (Å²) < 4.78 is 32.8. The summed E-state index contributed by atoms with van der Waals surface area (Å²) in [6, 6.07) is 5.51. The van der Waals surface area contributed by atoms with Crippen LogP contribution in [-0.4, -0.2) is 57.0 Å². The minimum absolute atomic E-state index is 0.0284. The summed E-state index contributed by atoms with van der Waals surface area (Å²) in [4.78, 5) is 1.79. The fourth-order valence-electron chi connectivity index (χ4n) is 2.68. The van der Waals surface area contributed by atoms with Gasteiger partial charge in [-0.15, -0.1) is 0 Å². The number of nitrogens with zero attached hydrogens (tertiary/aromatic N) is 1. The molecule has 7 heteroatoms. The molecule has 24 heavy (non-hydrogen) atoms. The maximum Gasteiger partial charge on any atom is 0.234 e. The molecule has 1 aromatic rings. The van der Waals surface area contributed by atoms with Crippen LogP contribution < -0.4 is 9.46 Å². The van der Waals surface area contributed by atoms with Gasteiger partial charge in [0.15, 0.2) is 0 Å². The summed E-state index contributed by atoms with van der Waals surface area (Å²) in [7, 11) is -1.68. The lowest BCUT2D eigenvalue weighted by atomic mass is 9.88. The van der Waals surface area contributed by atoms with E-state index in [0.29, 0.717) is 24.5 Å². The molecule has 0 spiro atoms. The van der Waals surface area contributed by atoms with E-state index in [1.54, 1.807) is 18.0 Å². The molecule has 0 fully saturated rings. The van der Waals surface area contributed by atoms with E-state index in [9.17, 15) is 13.5 Å². The number of anilines is 1. The van der Waals surface area contributed by atoms with Crippen LogP contribution in [0.15, 0.2) is 18.2 Å². The van der Waals surface area contributed by atoms with Crippen molar-refractivity contribution in [2.75, 3.05) is 37.2 Å². The van der Waals surface area contributed by atoms with E-state index in [1.807, 2.05) is 12.1 Å². The minimum Gasteiger partial charge on any atom is -0.489 e. The first-order valence-electron chi connectivity index (χ1n) is 8.17. The van der Waals surface area contributed by atoms with Gasteiger partial charge < -0.3 is 14.7 Å². The number of fused-ring (bicyclic) bond motifs is 1. The number of aliphatic hydroxyl groups is 1. The molecule has 0 saturated heterocycles. The molecule has 0 radical (unpaired) electrons. The summed E-state index contributed by atoms with van der Waals surface area (Å²) in [6.07, 6.45) is 0.178. The Balaban J connectivity index is 2.32. The lowest BCUT2D eigenvalue weighted by Gasteiger charge is -2.21. The second-order valence-electron chi connectivity index (χ2n) is 7.72. The highest BCUT2D eigenvalue weighted by molar-refractivity contribution is 7.92. The monoisotopic (exact) mass is 356 g/mol. The maximum atomic E-state index is 12.2. The van der Waals surface area contributed by atoms with Gasteiger partial charge in [-0.3, -0.25) is 4.72 Å². The van der Waals surface area contributed by atoms with E-state index in [0.717, 1.165) is 12.0 Å². The first-order chi connectivity index (χ1) is 11.0. The van der Waals surface area contributed by atoms with E-state index < -0.39 is 16.1 Å². The molecule has 1 unspecified atom stereocenters. The topological polar surface area (TPSA) is 78.9 Å². The van der Waals surface area contributed by atoms with E-state index in [4.69, 9.17) is 4.74 Å². The van der Waals surface area contributed by atoms with Gasteiger partial charge in [0, 0.05) is 13.1 Å². The van der Waals surface area contributed by atoms with Crippen molar-refractivity contribution in [3.63, 3.8) is 0 Å². The smallest absolute Gasteiger partial charge is 0.234 e. The van der Waals surface area contributed by atoms with Crippen LogP contribution in [0.4, 0.5) is 5.69 Å². The first-order valence-corrected chi connectivity index (χ1v) is 9.82. The molecular weight excluding hydrogens is 328 g/mol. The zero-order valence-electron chi connectivity index (χ0n) is 14.9. The summed E-state index contributed by atoms with van der Waals surface area (Å²) in [6.45, 7) is 7.28. The average molecular weight is 356 g/mol. The van der Waals surface area contributed by atoms with Crippen molar-refractivity contribution in [3.05, 3.63) is 23.8 Å². The summed E-state index contributed by atoms with van der Waals surface area (Å²) in [5.41, 5.74) is 1.61. The Hall–Kier alpha value is -1.31. The number of likely N-dealkylation sites (N-methyl/N-ethyl adjacent to an activating group) is 1. The third-order valence-corrected chi connectivity index (χ3v) is 4.99. The molecule has 1 heterocycles. The Morgan fingerprint density at radius 3 is 2.75 bits per heavy atom. The van der Waals surface area contributed by atoms with Gasteiger partial charge in [0.25, 0.3) is 0 Å². The van der Waals surface area contributed by atoms with Crippen LogP contribution in [0.25, 0.3) is 0 Å². The minimum atomic E-state index is -3.46. The van der Waals surface area contributed by atoms with Crippen molar-refractivity contribution in [1.29, 1.82) is 0 Å². The fraction of sp³-hybridized carbons (Fsp3) is 0.647. The van der Waals surface area contributed by atoms with Crippen molar-refractivity contribution < 1.29 is 18.3 Å². The molecule has 6 nitrogen and oxygen atoms in total. The third-order valence-electron chi connectivity index (χ3n) is 3.74. The van der Waals surface area contributed by atoms with Crippen LogP contribution in [-0.2, 0) is 16.4 Å². The molecule has 0 saturated carbocycles. The SMILES string of the molecule is CN1CCS(=O)(=O)Nc2ccc(CC(C)(C)C)cc2OCC(O)C1. The molecule has 0 aliphatic carbocycles. The van der Waals surface area contributed by atoms with Gasteiger partial charge in [0.1, 0.15) is 18.5 Å². The lowest BCUT2D eigenvalue weighted by Crippen LogP contribution is -2.35. The highest BCUT2D eigenvalue weighted by Crippen LogP contribution is 2.30. The number of hydrogen-bond donors (Lipinski definition) is 2. The van der Waals surface area contributed by atoms with Gasteiger partial charge >= 0.3 is 0 Å². The molecule has 1 aliphatic rings. The Morgan fingerprint density at radius 2 is 2.08 bits per heavy atom. The Morgan fingerprint density at radius 1 is 1.38 bits per heavy atom. The fourth-order valence-corrected chi connectivity index (χ4v) is 3.83. The van der Waals surface area contributed by atoms with Crippen LogP contribution in [0.1, 0.15) is 26.3 Å². The maximum absolute atomic E-state index is 12.2. The van der Waals surface area contributed by atoms with Crippen LogP contribution in [0.2, 0.25) is 0 Å². The number of hydrogen-bond acceptors (Lipinski definition) is 5. The molecule has 0 bridgehead atoms. The van der Waals surface area contributed by atoms with Crippen LogP contribution in [0.5, 0.6) is 5.75 Å². The number of rotatable bonds is 1. The average Bonchev–Trinajstić information content (AvgIpc) is 2.44. The Kier molecular flexibility index (Phi) is 5.78. The van der Waals surface area contributed by atoms with Crippen LogP contribution in [0, 0.1) is 5.41 Å². The molecule has 136 valence electrons. The van der Waals surface area contributed by atoms with E-state index in [2.05, 4.69) is 25.5 Å². The highest BCUT2D eigenvalue weighted by Gasteiger charge is 2.20. The standard InChI is InChI=1S/C17H28N2O4S/c1-17(2,3)10-13-5-6-15-16(9-13)23-12-14(20)11-19(4)7-8-24(21,22)18-15/h5-6,9,14,18,20H,7-8,10-12H2,1-4H3. The summed E-state index contributed by atoms with van der Waals surface area (Å²) >= 11 is 0. The lowest BCUT2D eigenvalue weighted by molar-refractivity contribution is 0.0785. The number of ether oxygens (including phenoxy) is 1. The summed E-state index contributed by atoms with van der Waals surface area (Å²) in [5, 5.41) is 10.1. The Bertz CT molecular complexity index is 668. The number of nitrogens with one attached hydrogen (secondary N) is 1. The second-order valence-corrected chi connectivity index (χ2v) is 9.56. The van der Waals surface area contributed by atoms with E-state index >= 15 is 0 Å². The number of sulfonamides is 1. The summed E-state index contributed by atoms with van der Waals surface area (Å²) in [5.74, 6) is 0.434. The number of benzene rings is 1. The van der Waals surface area contributed by atoms with Gasteiger partial charge in [0.05, 0.1) is 11.4 Å². The zero-order valence-corrected chi connectivity index (χ0v) is 15.7. The normalized spacial score (nSPS) is 22.6. The molecule has 2 N–H and O–H groups in total. The quantitative estimate of drug-likeness (QED) is 0.801. The van der Waals surface area contributed by atoms with Gasteiger partial charge in [-0.25, -0.2) is 8.42 Å². The van der Waals surface area contributed by atoms with Crippen molar-refractivity contribution in [3.8, 4) is 5.75 Å². The molecule has 2 rings (SSSR count). The Labute approximate surface area is 144 Å². The second kappa shape index (κ2) is 7.29. The van der Waals surface area contributed by atoms with E-state index in [1.165, 1.54) is 0 Å².